The van der Waals surface area contributed by atoms with Gasteiger partial charge in [-0.1, -0.05) is 37.1 Å². The molecule has 0 nitrogen and oxygen atoms in total. The largest absolute Gasteiger partial charge is 0.107 e. The topological polar surface area (TPSA) is 0 Å². The quantitative estimate of drug-likeness (QED) is 0.560. The van der Waals surface area contributed by atoms with Crippen LogP contribution in [0.25, 0.3) is 0 Å². The Morgan fingerprint density at radius 1 is 0.909 bits per heavy atom. The predicted octanol–water partition coefficient (Wildman–Crippen LogP) is 3.21. The number of hydrogen-bond acceptors (Lipinski definition) is 0. The minimum atomic E-state index is -1.15. The van der Waals surface area contributed by atoms with E-state index in [1.54, 1.807) is 0 Å². The molecule has 0 N–H and O–H groups in total. The normalized spacial score (nSPS) is 24.7. The maximum Gasteiger partial charge on any atom is 0.107 e. The van der Waals surface area contributed by atoms with Crippen molar-refractivity contribution < 1.29 is 0 Å². The SMILES string of the molecule is C=C[Si](C=C)(C1CC1)C1CC1. The lowest BCUT2D eigenvalue weighted by atomic mass is 10.9. The van der Waals surface area contributed by atoms with Gasteiger partial charge in [-0.25, -0.2) is 0 Å². The van der Waals surface area contributed by atoms with Gasteiger partial charge in [-0.15, -0.1) is 13.2 Å². The molecule has 0 amide bonds. The first kappa shape index (κ1) is 7.35. The van der Waals surface area contributed by atoms with Gasteiger partial charge in [-0.3, -0.25) is 0 Å². The van der Waals surface area contributed by atoms with Crippen LogP contribution < -0.4 is 0 Å². The zero-order chi connectivity index (χ0) is 7.90. The molecule has 0 aromatic rings. The van der Waals surface area contributed by atoms with Crippen molar-refractivity contribution in [3.63, 3.8) is 0 Å². The maximum absolute atomic E-state index is 4.02. The Bertz CT molecular complexity index is 165. The van der Waals surface area contributed by atoms with E-state index in [0.29, 0.717) is 0 Å². The maximum atomic E-state index is 4.02. The zero-order valence-electron chi connectivity index (χ0n) is 7.05. The van der Waals surface area contributed by atoms with Crippen LogP contribution in [0.5, 0.6) is 0 Å². The van der Waals surface area contributed by atoms with E-state index in [1.807, 2.05) is 0 Å². The summed E-state index contributed by atoms with van der Waals surface area (Å²) in [6, 6.07) is 0. The summed E-state index contributed by atoms with van der Waals surface area (Å²) in [5.74, 6) is 0. The molecule has 2 fully saturated rings. The van der Waals surface area contributed by atoms with Crippen LogP contribution in [-0.2, 0) is 0 Å². The van der Waals surface area contributed by atoms with E-state index in [9.17, 15) is 0 Å². The van der Waals surface area contributed by atoms with Crippen LogP contribution in [0.1, 0.15) is 25.7 Å². The third-order valence-electron chi connectivity index (χ3n) is 3.28. The van der Waals surface area contributed by atoms with Gasteiger partial charge in [-0.05, 0) is 11.1 Å². The van der Waals surface area contributed by atoms with Gasteiger partial charge < -0.3 is 0 Å². The van der Waals surface area contributed by atoms with Gasteiger partial charge in [0.25, 0.3) is 0 Å². The molecule has 2 aliphatic rings. The van der Waals surface area contributed by atoms with Crippen molar-refractivity contribution in [3.8, 4) is 0 Å². The lowest BCUT2D eigenvalue weighted by Crippen LogP contribution is -2.30. The molecule has 2 saturated carbocycles. The van der Waals surface area contributed by atoms with Gasteiger partial charge in [0.1, 0.15) is 8.07 Å². The van der Waals surface area contributed by atoms with Crippen LogP contribution in [-0.4, -0.2) is 8.07 Å². The molecule has 0 saturated heterocycles. The molecule has 60 valence electrons. The second-order valence-corrected chi connectivity index (χ2v) is 8.41. The fourth-order valence-corrected chi connectivity index (χ4v) is 6.75. The lowest BCUT2D eigenvalue weighted by Gasteiger charge is -2.23. The highest BCUT2D eigenvalue weighted by Gasteiger charge is 2.52. The molecule has 0 radical (unpaired) electrons. The minimum absolute atomic E-state index is 1.03. The van der Waals surface area contributed by atoms with Gasteiger partial charge in [0, 0.05) is 0 Å². The Hall–Kier alpha value is -0.303. The molecule has 0 aromatic heterocycles. The summed E-state index contributed by atoms with van der Waals surface area (Å²) in [4.78, 5) is 0. The zero-order valence-corrected chi connectivity index (χ0v) is 8.05. The summed E-state index contributed by atoms with van der Waals surface area (Å²) in [5.41, 5.74) is 6.64. The van der Waals surface area contributed by atoms with E-state index in [-0.39, 0.29) is 0 Å². The fraction of sp³-hybridized carbons (Fsp3) is 0.600. The number of hydrogen-bond donors (Lipinski definition) is 0. The summed E-state index contributed by atoms with van der Waals surface area (Å²) in [5, 5.41) is 0. The van der Waals surface area contributed by atoms with E-state index in [4.69, 9.17) is 0 Å². The Kier molecular flexibility index (Phi) is 1.57. The molecular weight excluding hydrogens is 148 g/mol. The summed E-state index contributed by atoms with van der Waals surface area (Å²) in [7, 11) is -1.15. The lowest BCUT2D eigenvalue weighted by molar-refractivity contribution is 1.24. The Balaban J connectivity index is 2.20. The van der Waals surface area contributed by atoms with E-state index < -0.39 is 8.07 Å². The van der Waals surface area contributed by atoms with Crippen molar-refractivity contribution >= 4 is 8.07 Å². The van der Waals surface area contributed by atoms with E-state index in [2.05, 4.69) is 24.6 Å². The molecule has 2 aliphatic carbocycles. The smallest absolute Gasteiger partial charge is 0.107 e. The molecule has 1 heteroatoms. The van der Waals surface area contributed by atoms with Crippen LogP contribution in [0.3, 0.4) is 0 Å². The Morgan fingerprint density at radius 2 is 1.27 bits per heavy atom. The fourth-order valence-electron chi connectivity index (χ4n) is 2.25. The standard InChI is InChI=1S/C10H16Si/c1-3-11(4-2,9-5-6-9)10-7-8-10/h3-4,9-10H,1-2,5-8H2. The molecule has 0 atom stereocenters. The monoisotopic (exact) mass is 164 g/mol. The Labute approximate surface area is 70.0 Å². The van der Waals surface area contributed by atoms with Crippen LogP contribution in [0.2, 0.25) is 11.1 Å². The summed E-state index contributed by atoms with van der Waals surface area (Å²) in [6.45, 7) is 8.03. The summed E-state index contributed by atoms with van der Waals surface area (Å²) < 4.78 is 0. The molecule has 0 spiro atoms. The first-order valence-electron chi connectivity index (χ1n) is 4.60. The van der Waals surface area contributed by atoms with Gasteiger partial charge >= 0.3 is 0 Å². The van der Waals surface area contributed by atoms with Crippen molar-refractivity contribution in [1.82, 2.24) is 0 Å². The molecule has 11 heavy (non-hydrogen) atoms. The predicted molar refractivity (Wildman–Crippen MR) is 52.1 cm³/mol. The third kappa shape index (κ3) is 1.02. The minimum Gasteiger partial charge on any atom is -0.107 e. The second kappa shape index (κ2) is 2.34. The average Bonchev–Trinajstić information content (AvgIpc) is 2.87. The first-order chi connectivity index (χ1) is 5.33. The molecule has 2 rings (SSSR count). The van der Waals surface area contributed by atoms with Gasteiger partial charge in [-0.2, -0.15) is 0 Å². The van der Waals surface area contributed by atoms with Gasteiger partial charge in [0.2, 0.25) is 0 Å². The summed E-state index contributed by atoms with van der Waals surface area (Å²) >= 11 is 0. The molecule has 0 unspecified atom stereocenters. The molecule has 0 heterocycles. The van der Waals surface area contributed by atoms with Gasteiger partial charge in [0.15, 0.2) is 0 Å². The average molecular weight is 164 g/mol. The van der Waals surface area contributed by atoms with Crippen LogP contribution in [0.15, 0.2) is 24.6 Å². The van der Waals surface area contributed by atoms with Crippen molar-refractivity contribution in [2.75, 3.05) is 0 Å². The van der Waals surface area contributed by atoms with Crippen molar-refractivity contribution in [2.24, 2.45) is 0 Å². The van der Waals surface area contributed by atoms with Crippen LogP contribution >= 0.6 is 0 Å². The van der Waals surface area contributed by atoms with Crippen molar-refractivity contribution in [1.29, 1.82) is 0 Å². The van der Waals surface area contributed by atoms with Crippen molar-refractivity contribution in [2.45, 2.75) is 36.8 Å². The first-order valence-corrected chi connectivity index (χ1v) is 6.91. The van der Waals surface area contributed by atoms with E-state index in [1.165, 1.54) is 25.7 Å². The molecular formula is C10H16Si. The van der Waals surface area contributed by atoms with E-state index in [0.717, 1.165) is 11.1 Å². The molecule has 0 bridgehead atoms. The second-order valence-electron chi connectivity index (χ2n) is 3.96. The van der Waals surface area contributed by atoms with Crippen molar-refractivity contribution in [3.05, 3.63) is 24.6 Å². The molecule has 0 aromatic carbocycles. The molecule has 0 aliphatic heterocycles. The summed E-state index contributed by atoms with van der Waals surface area (Å²) in [6.07, 6.45) is 5.84. The van der Waals surface area contributed by atoms with E-state index >= 15 is 0 Å². The highest BCUT2D eigenvalue weighted by atomic mass is 28.3. The highest BCUT2D eigenvalue weighted by Crippen LogP contribution is 2.59. The highest BCUT2D eigenvalue weighted by molar-refractivity contribution is 6.92. The van der Waals surface area contributed by atoms with Gasteiger partial charge in [0.05, 0.1) is 0 Å². The van der Waals surface area contributed by atoms with Crippen LogP contribution in [0.4, 0.5) is 0 Å². The third-order valence-corrected chi connectivity index (χ3v) is 8.67. The number of rotatable bonds is 4. The van der Waals surface area contributed by atoms with Crippen LogP contribution in [0, 0.1) is 0 Å². The Morgan fingerprint density at radius 3 is 1.45 bits per heavy atom.